The highest BCUT2D eigenvalue weighted by molar-refractivity contribution is 5.76. The topological polar surface area (TPSA) is 58.3 Å². The summed E-state index contributed by atoms with van der Waals surface area (Å²) in [6.07, 6.45) is 1.70. The SMILES string of the molecule is OC1(c2ccccc2-c2nc3ccccc3o2)CCCNC1. The van der Waals surface area contributed by atoms with E-state index in [1.165, 1.54) is 0 Å². The number of hydrogen-bond donors (Lipinski definition) is 2. The maximum absolute atomic E-state index is 11.0. The molecule has 1 unspecified atom stereocenters. The van der Waals surface area contributed by atoms with E-state index >= 15 is 0 Å². The highest BCUT2D eigenvalue weighted by Crippen LogP contribution is 2.36. The van der Waals surface area contributed by atoms with Gasteiger partial charge in [-0.15, -0.1) is 0 Å². The normalized spacial score (nSPS) is 22.0. The van der Waals surface area contributed by atoms with Gasteiger partial charge in [0, 0.05) is 12.1 Å². The van der Waals surface area contributed by atoms with Gasteiger partial charge in [0.2, 0.25) is 5.89 Å². The third kappa shape index (κ3) is 2.21. The zero-order valence-corrected chi connectivity index (χ0v) is 12.2. The molecular formula is C18H18N2O2. The Kier molecular flexibility index (Phi) is 3.21. The number of hydrogen-bond acceptors (Lipinski definition) is 4. The molecule has 1 aliphatic heterocycles. The lowest BCUT2D eigenvalue weighted by Gasteiger charge is -2.34. The largest absolute Gasteiger partial charge is 0.436 e. The van der Waals surface area contributed by atoms with Gasteiger partial charge >= 0.3 is 0 Å². The third-order valence-electron chi connectivity index (χ3n) is 4.31. The Balaban J connectivity index is 1.85. The Hall–Kier alpha value is -2.17. The molecule has 3 aromatic rings. The molecule has 0 aliphatic carbocycles. The molecule has 1 saturated heterocycles. The van der Waals surface area contributed by atoms with Crippen LogP contribution >= 0.6 is 0 Å². The number of nitrogens with one attached hydrogen (secondary N) is 1. The molecule has 0 bridgehead atoms. The van der Waals surface area contributed by atoms with Gasteiger partial charge in [0.25, 0.3) is 0 Å². The molecule has 1 atom stereocenters. The van der Waals surface area contributed by atoms with Crippen molar-refractivity contribution in [1.29, 1.82) is 0 Å². The number of fused-ring (bicyclic) bond motifs is 1. The fourth-order valence-corrected chi connectivity index (χ4v) is 3.18. The van der Waals surface area contributed by atoms with Crippen molar-refractivity contribution < 1.29 is 9.52 Å². The summed E-state index contributed by atoms with van der Waals surface area (Å²) < 4.78 is 5.89. The van der Waals surface area contributed by atoms with Gasteiger partial charge in [-0.05, 0) is 43.1 Å². The van der Waals surface area contributed by atoms with Crippen molar-refractivity contribution in [3.8, 4) is 11.5 Å². The highest BCUT2D eigenvalue weighted by atomic mass is 16.3. The number of nitrogens with zero attached hydrogens (tertiary/aromatic N) is 1. The zero-order valence-electron chi connectivity index (χ0n) is 12.2. The molecule has 0 saturated carbocycles. The van der Waals surface area contributed by atoms with Crippen LogP contribution < -0.4 is 5.32 Å². The number of para-hydroxylation sites is 2. The van der Waals surface area contributed by atoms with Crippen molar-refractivity contribution in [2.75, 3.05) is 13.1 Å². The van der Waals surface area contributed by atoms with Gasteiger partial charge in [0.1, 0.15) is 11.1 Å². The van der Waals surface area contributed by atoms with E-state index in [2.05, 4.69) is 10.3 Å². The van der Waals surface area contributed by atoms with E-state index in [1.807, 2.05) is 48.5 Å². The number of rotatable bonds is 2. The summed E-state index contributed by atoms with van der Waals surface area (Å²) in [5.74, 6) is 0.566. The van der Waals surface area contributed by atoms with Crippen LogP contribution in [0.25, 0.3) is 22.6 Å². The van der Waals surface area contributed by atoms with E-state index in [0.29, 0.717) is 12.4 Å². The van der Waals surface area contributed by atoms with Crippen LogP contribution in [0.1, 0.15) is 18.4 Å². The summed E-state index contributed by atoms with van der Waals surface area (Å²) in [6.45, 7) is 1.51. The van der Waals surface area contributed by atoms with Crippen LogP contribution in [0.15, 0.2) is 52.9 Å². The number of piperidine rings is 1. The van der Waals surface area contributed by atoms with Gasteiger partial charge in [-0.25, -0.2) is 4.98 Å². The van der Waals surface area contributed by atoms with E-state index < -0.39 is 5.60 Å². The third-order valence-corrected chi connectivity index (χ3v) is 4.31. The quantitative estimate of drug-likeness (QED) is 0.762. The second-order valence-corrected chi connectivity index (χ2v) is 5.84. The van der Waals surface area contributed by atoms with Crippen LogP contribution in [0.3, 0.4) is 0 Å². The summed E-state index contributed by atoms with van der Waals surface area (Å²) in [7, 11) is 0. The van der Waals surface area contributed by atoms with Crippen LogP contribution in [-0.4, -0.2) is 23.2 Å². The van der Waals surface area contributed by atoms with Crippen molar-refractivity contribution in [3.05, 3.63) is 54.1 Å². The molecule has 22 heavy (non-hydrogen) atoms. The number of β-amino-alcohol motifs (C(OH)–C–C–N with tert-alkyl or cyclic N) is 1. The Bertz CT molecular complexity index is 770. The summed E-state index contributed by atoms with van der Waals surface area (Å²) >= 11 is 0. The number of aliphatic hydroxyl groups is 1. The van der Waals surface area contributed by atoms with Gasteiger partial charge in [-0.3, -0.25) is 0 Å². The smallest absolute Gasteiger partial charge is 0.227 e. The Morgan fingerprint density at radius 1 is 1.09 bits per heavy atom. The van der Waals surface area contributed by atoms with Gasteiger partial charge in [0.05, 0.1) is 0 Å². The number of benzene rings is 2. The van der Waals surface area contributed by atoms with Crippen LogP contribution in [-0.2, 0) is 5.60 Å². The van der Waals surface area contributed by atoms with Crippen molar-refractivity contribution in [2.45, 2.75) is 18.4 Å². The van der Waals surface area contributed by atoms with Crippen molar-refractivity contribution >= 4 is 11.1 Å². The molecule has 2 N–H and O–H groups in total. The Morgan fingerprint density at radius 3 is 2.73 bits per heavy atom. The maximum Gasteiger partial charge on any atom is 0.227 e. The monoisotopic (exact) mass is 294 g/mol. The van der Waals surface area contributed by atoms with Crippen LogP contribution in [0.5, 0.6) is 0 Å². The highest BCUT2D eigenvalue weighted by Gasteiger charge is 2.34. The Labute approximate surface area is 128 Å². The maximum atomic E-state index is 11.0. The molecule has 1 fully saturated rings. The van der Waals surface area contributed by atoms with Crippen molar-refractivity contribution in [3.63, 3.8) is 0 Å². The fourth-order valence-electron chi connectivity index (χ4n) is 3.18. The summed E-state index contributed by atoms with van der Waals surface area (Å²) in [4.78, 5) is 4.57. The first-order valence-electron chi connectivity index (χ1n) is 7.65. The number of aromatic nitrogens is 1. The second kappa shape index (κ2) is 5.23. The predicted molar refractivity (Wildman–Crippen MR) is 85.4 cm³/mol. The molecular weight excluding hydrogens is 276 g/mol. The van der Waals surface area contributed by atoms with Crippen LogP contribution in [0.2, 0.25) is 0 Å². The number of oxazole rings is 1. The first kappa shape index (κ1) is 13.5. The van der Waals surface area contributed by atoms with Crippen LogP contribution in [0, 0.1) is 0 Å². The minimum Gasteiger partial charge on any atom is -0.436 e. The van der Waals surface area contributed by atoms with Gasteiger partial charge < -0.3 is 14.8 Å². The van der Waals surface area contributed by atoms with E-state index in [4.69, 9.17) is 4.42 Å². The molecule has 4 nitrogen and oxygen atoms in total. The first-order chi connectivity index (χ1) is 10.8. The second-order valence-electron chi connectivity index (χ2n) is 5.84. The average molecular weight is 294 g/mol. The molecule has 4 heteroatoms. The first-order valence-corrected chi connectivity index (χ1v) is 7.65. The predicted octanol–water partition coefficient (Wildman–Crippen LogP) is 3.07. The molecule has 1 aliphatic rings. The van der Waals surface area contributed by atoms with Crippen molar-refractivity contribution in [1.82, 2.24) is 10.3 Å². The molecule has 0 spiro atoms. The van der Waals surface area contributed by atoms with E-state index in [9.17, 15) is 5.11 Å². The molecule has 2 heterocycles. The molecule has 4 rings (SSSR count). The standard InChI is InChI=1S/C18H18N2O2/c21-18(10-5-11-19-12-18)14-7-2-1-6-13(14)17-20-15-8-3-4-9-16(15)22-17/h1-4,6-9,19,21H,5,10-12H2. The summed E-state index contributed by atoms with van der Waals surface area (Å²) in [5, 5.41) is 14.3. The summed E-state index contributed by atoms with van der Waals surface area (Å²) in [6, 6.07) is 15.6. The minimum atomic E-state index is -0.866. The van der Waals surface area contributed by atoms with E-state index in [0.717, 1.165) is 41.6 Å². The molecule has 1 aromatic heterocycles. The van der Waals surface area contributed by atoms with E-state index in [-0.39, 0.29) is 0 Å². The zero-order chi connectivity index (χ0) is 15.0. The van der Waals surface area contributed by atoms with Crippen molar-refractivity contribution in [2.24, 2.45) is 0 Å². The lowest BCUT2D eigenvalue weighted by molar-refractivity contribution is 0.0127. The molecule has 0 radical (unpaired) electrons. The van der Waals surface area contributed by atoms with E-state index in [1.54, 1.807) is 0 Å². The minimum absolute atomic E-state index is 0.560. The fraction of sp³-hybridized carbons (Fsp3) is 0.278. The lowest BCUT2D eigenvalue weighted by Crippen LogP contribution is -2.43. The molecule has 112 valence electrons. The Morgan fingerprint density at radius 2 is 1.91 bits per heavy atom. The van der Waals surface area contributed by atoms with Crippen LogP contribution in [0.4, 0.5) is 0 Å². The molecule has 0 amide bonds. The van der Waals surface area contributed by atoms with Gasteiger partial charge in [-0.2, -0.15) is 0 Å². The van der Waals surface area contributed by atoms with Gasteiger partial charge in [-0.1, -0.05) is 30.3 Å². The summed E-state index contributed by atoms with van der Waals surface area (Å²) in [5.41, 5.74) is 2.48. The molecule has 2 aromatic carbocycles. The van der Waals surface area contributed by atoms with Gasteiger partial charge in [0.15, 0.2) is 5.58 Å². The average Bonchev–Trinajstić information content (AvgIpc) is 2.99. The lowest BCUT2D eigenvalue weighted by atomic mass is 9.84.